The largest absolute Gasteiger partial charge is 0.425 e. The Kier molecular flexibility index (Phi) is 3.31. The van der Waals surface area contributed by atoms with Crippen molar-refractivity contribution in [2.24, 2.45) is 0 Å². The van der Waals surface area contributed by atoms with Crippen molar-refractivity contribution in [2.45, 2.75) is 19.4 Å². The van der Waals surface area contributed by atoms with Gasteiger partial charge < -0.3 is 9.73 Å². The quantitative estimate of drug-likeness (QED) is 0.853. The van der Waals surface area contributed by atoms with E-state index in [9.17, 15) is 0 Å². The van der Waals surface area contributed by atoms with Gasteiger partial charge in [0.1, 0.15) is 5.52 Å². The molecule has 0 spiro atoms. The standard InChI is InChI=1S/C12H15N3O/c1-9(13-2)4-3-5-10-6-7-11-12(15-10)16-8-14-11/h3,5-9,13H,4H2,1-2H3. The molecule has 0 aliphatic carbocycles. The molecule has 0 fully saturated rings. The summed E-state index contributed by atoms with van der Waals surface area (Å²) in [6.07, 6.45) is 6.49. The summed E-state index contributed by atoms with van der Waals surface area (Å²) in [7, 11) is 1.96. The van der Waals surface area contributed by atoms with Crippen molar-refractivity contribution >= 4 is 17.3 Å². The number of hydrogen-bond acceptors (Lipinski definition) is 4. The van der Waals surface area contributed by atoms with Gasteiger partial charge in [0, 0.05) is 6.04 Å². The fraction of sp³-hybridized carbons (Fsp3) is 0.333. The Hall–Kier alpha value is -1.68. The number of hydrogen-bond donors (Lipinski definition) is 1. The van der Waals surface area contributed by atoms with E-state index in [2.05, 4.69) is 28.3 Å². The van der Waals surface area contributed by atoms with E-state index in [4.69, 9.17) is 4.42 Å². The smallest absolute Gasteiger partial charge is 0.247 e. The topological polar surface area (TPSA) is 51.0 Å². The molecule has 2 aromatic rings. The molecule has 0 radical (unpaired) electrons. The van der Waals surface area contributed by atoms with Gasteiger partial charge in [-0.3, -0.25) is 0 Å². The van der Waals surface area contributed by atoms with Gasteiger partial charge in [0.05, 0.1) is 5.69 Å². The number of pyridine rings is 1. The number of nitrogens with one attached hydrogen (secondary N) is 1. The van der Waals surface area contributed by atoms with Crippen molar-refractivity contribution in [1.29, 1.82) is 0 Å². The molecular weight excluding hydrogens is 202 g/mol. The normalized spacial score (nSPS) is 13.6. The zero-order valence-corrected chi connectivity index (χ0v) is 9.47. The minimum absolute atomic E-state index is 0.477. The third-order valence-electron chi connectivity index (χ3n) is 2.49. The maximum absolute atomic E-state index is 5.14. The first-order valence-electron chi connectivity index (χ1n) is 5.33. The summed E-state index contributed by atoms with van der Waals surface area (Å²) in [4.78, 5) is 8.34. The summed E-state index contributed by atoms with van der Waals surface area (Å²) in [6, 6.07) is 4.32. The molecule has 0 aromatic carbocycles. The predicted octanol–water partition coefficient (Wildman–Crippen LogP) is 2.23. The van der Waals surface area contributed by atoms with Crippen LogP contribution >= 0.6 is 0 Å². The van der Waals surface area contributed by atoms with Crippen LogP contribution in [0.15, 0.2) is 29.0 Å². The van der Waals surface area contributed by atoms with Gasteiger partial charge in [-0.05, 0) is 38.6 Å². The van der Waals surface area contributed by atoms with E-state index in [1.54, 1.807) is 0 Å². The lowest BCUT2D eigenvalue weighted by Gasteiger charge is -2.04. The fourth-order valence-electron chi connectivity index (χ4n) is 1.37. The first-order chi connectivity index (χ1) is 7.79. The second kappa shape index (κ2) is 4.90. The van der Waals surface area contributed by atoms with E-state index in [0.29, 0.717) is 11.8 Å². The zero-order valence-electron chi connectivity index (χ0n) is 9.47. The van der Waals surface area contributed by atoms with Crippen LogP contribution in [0.3, 0.4) is 0 Å². The van der Waals surface area contributed by atoms with E-state index in [1.165, 1.54) is 6.39 Å². The van der Waals surface area contributed by atoms with Gasteiger partial charge in [-0.2, -0.15) is 0 Å². The van der Waals surface area contributed by atoms with Crippen LogP contribution in [0, 0.1) is 0 Å². The third kappa shape index (κ3) is 2.46. The molecule has 0 saturated carbocycles. The van der Waals surface area contributed by atoms with Crippen molar-refractivity contribution in [3.8, 4) is 0 Å². The van der Waals surface area contributed by atoms with Gasteiger partial charge in [0.15, 0.2) is 6.39 Å². The molecule has 0 aliphatic rings. The highest BCUT2D eigenvalue weighted by Crippen LogP contribution is 2.11. The highest BCUT2D eigenvalue weighted by atomic mass is 16.3. The molecule has 0 aliphatic heterocycles. The molecule has 2 aromatic heterocycles. The summed E-state index contributed by atoms with van der Waals surface area (Å²) < 4.78 is 5.14. The molecular formula is C12H15N3O. The van der Waals surface area contributed by atoms with Crippen LogP contribution in [0.4, 0.5) is 0 Å². The SMILES string of the molecule is CNC(C)CC=Cc1ccc2ncoc2n1. The Labute approximate surface area is 94.4 Å². The molecule has 0 amide bonds. The Balaban J connectivity index is 2.08. The maximum Gasteiger partial charge on any atom is 0.247 e. The Morgan fingerprint density at radius 2 is 2.38 bits per heavy atom. The average Bonchev–Trinajstić information content (AvgIpc) is 2.76. The minimum Gasteiger partial charge on any atom is -0.425 e. The van der Waals surface area contributed by atoms with Crippen LogP contribution in [0.2, 0.25) is 0 Å². The summed E-state index contributed by atoms with van der Waals surface area (Å²) in [5.74, 6) is 0. The number of rotatable bonds is 4. The number of aromatic nitrogens is 2. The number of fused-ring (bicyclic) bond motifs is 1. The molecule has 1 unspecified atom stereocenters. The highest BCUT2D eigenvalue weighted by molar-refractivity contribution is 5.69. The van der Waals surface area contributed by atoms with Crippen molar-refractivity contribution in [3.63, 3.8) is 0 Å². The van der Waals surface area contributed by atoms with Gasteiger partial charge in [-0.15, -0.1) is 0 Å². The van der Waals surface area contributed by atoms with Gasteiger partial charge in [0.2, 0.25) is 5.71 Å². The van der Waals surface area contributed by atoms with Crippen LogP contribution in [0.25, 0.3) is 17.3 Å². The highest BCUT2D eigenvalue weighted by Gasteiger charge is 1.99. The first-order valence-corrected chi connectivity index (χ1v) is 5.33. The molecule has 16 heavy (non-hydrogen) atoms. The number of nitrogens with zero attached hydrogens (tertiary/aromatic N) is 2. The van der Waals surface area contributed by atoms with Gasteiger partial charge >= 0.3 is 0 Å². The van der Waals surface area contributed by atoms with E-state index in [1.807, 2.05) is 25.3 Å². The van der Waals surface area contributed by atoms with Crippen LogP contribution in [-0.2, 0) is 0 Å². The summed E-state index contributed by atoms with van der Waals surface area (Å²) in [5, 5.41) is 3.18. The molecule has 4 nitrogen and oxygen atoms in total. The molecule has 0 saturated heterocycles. The van der Waals surface area contributed by atoms with E-state index in [-0.39, 0.29) is 0 Å². The van der Waals surface area contributed by atoms with Crippen LogP contribution in [0.5, 0.6) is 0 Å². The third-order valence-corrected chi connectivity index (χ3v) is 2.49. The van der Waals surface area contributed by atoms with Crippen molar-refractivity contribution in [2.75, 3.05) is 7.05 Å². The van der Waals surface area contributed by atoms with E-state index in [0.717, 1.165) is 17.6 Å². The van der Waals surface area contributed by atoms with Crippen LogP contribution < -0.4 is 5.32 Å². The lowest BCUT2D eigenvalue weighted by atomic mass is 10.2. The Bertz CT molecular complexity index is 490. The van der Waals surface area contributed by atoms with Gasteiger partial charge in [-0.25, -0.2) is 9.97 Å². The Morgan fingerprint density at radius 1 is 1.50 bits per heavy atom. The monoisotopic (exact) mass is 217 g/mol. The summed E-state index contributed by atoms with van der Waals surface area (Å²) >= 11 is 0. The summed E-state index contributed by atoms with van der Waals surface area (Å²) in [6.45, 7) is 2.14. The Morgan fingerprint density at radius 3 is 3.19 bits per heavy atom. The average molecular weight is 217 g/mol. The molecule has 84 valence electrons. The number of oxazole rings is 1. The predicted molar refractivity (Wildman–Crippen MR) is 64.0 cm³/mol. The molecule has 2 heterocycles. The van der Waals surface area contributed by atoms with Crippen molar-refractivity contribution in [1.82, 2.24) is 15.3 Å². The van der Waals surface area contributed by atoms with E-state index >= 15 is 0 Å². The molecule has 4 heteroatoms. The second-order valence-electron chi connectivity index (χ2n) is 3.74. The maximum atomic E-state index is 5.14. The van der Waals surface area contributed by atoms with Crippen molar-refractivity contribution in [3.05, 3.63) is 30.3 Å². The zero-order chi connectivity index (χ0) is 11.4. The lowest BCUT2D eigenvalue weighted by molar-refractivity contribution is 0.590. The first kappa shape index (κ1) is 10.8. The van der Waals surface area contributed by atoms with Gasteiger partial charge in [-0.1, -0.05) is 6.08 Å². The summed E-state index contributed by atoms with van der Waals surface area (Å²) in [5.41, 5.74) is 2.28. The molecule has 0 bridgehead atoms. The van der Waals surface area contributed by atoms with Crippen LogP contribution in [-0.4, -0.2) is 23.1 Å². The van der Waals surface area contributed by atoms with Crippen LogP contribution in [0.1, 0.15) is 19.0 Å². The van der Waals surface area contributed by atoms with E-state index < -0.39 is 0 Å². The lowest BCUT2D eigenvalue weighted by Crippen LogP contribution is -2.19. The fourth-order valence-corrected chi connectivity index (χ4v) is 1.37. The molecule has 1 atom stereocenters. The minimum atomic E-state index is 0.477. The second-order valence-corrected chi connectivity index (χ2v) is 3.74. The molecule has 1 N–H and O–H groups in total. The van der Waals surface area contributed by atoms with Crippen molar-refractivity contribution < 1.29 is 4.42 Å². The van der Waals surface area contributed by atoms with Gasteiger partial charge in [0.25, 0.3) is 0 Å². The molecule has 2 rings (SSSR count).